The number of phosphoric ester groups is 1. The lowest BCUT2D eigenvalue weighted by Gasteiger charge is -2.20. The molecule has 62 heavy (non-hydrogen) atoms. The van der Waals surface area contributed by atoms with Crippen molar-refractivity contribution >= 4 is 25.7 Å². The van der Waals surface area contributed by atoms with Crippen LogP contribution < -0.4 is 5.73 Å². The molecule has 0 rings (SSSR count). The average Bonchev–Trinajstić information content (AvgIpc) is 3.24. The van der Waals surface area contributed by atoms with Crippen LogP contribution in [0.3, 0.4) is 0 Å². The monoisotopic (exact) mass is 896 g/mol. The second-order valence-electron chi connectivity index (χ2n) is 15.6. The highest BCUT2D eigenvalue weighted by Gasteiger charge is 2.28. The lowest BCUT2D eigenvalue weighted by molar-refractivity contribution is -0.161. The molecule has 0 aliphatic carbocycles. The van der Waals surface area contributed by atoms with Crippen molar-refractivity contribution in [3.8, 4) is 0 Å². The minimum Gasteiger partial charge on any atom is -0.480 e. The maximum atomic E-state index is 12.7. The lowest BCUT2D eigenvalue weighted by atomic mass is 10.1. The average molecular weight is 896 g/mol. The van der Waals surface area contributed by atoms with Gasteiger partial charge in [0.25, 0.3) is 0 Å². The number of phosphoric acid groups is 1. The minimum absolute atomic E-state index is 0.0910. The van der Waals surface area contributed by atoms with Crippen LogP contribution in [0.4, 0.5) is 0 Å². The summed E-state index contributed by atoms with van der Waals surface area (Å²) in [6.45, 7) is 2.44. The quantitative estimate of drug-likeness (QED) is 0.0127. The number of hydrogen-bond donors (Lipinski definition) is 5. The smallest absolute Gasteiger partial charge is 0.472 e. The number of allylic oxidation sites excluding steroid dienone is 10. The van der Waals surface area contributed by atoms with Crippen molar-refractivity contribution in [2.45, 2.75) is 192 Å². The number of carbonyl (C=O) groups is 3. The van der Waals surface area contributed by atoms with Crippen LogP contribution in [0.1, 0.15) is 168 Å². The third-order valence-electron chi connectivity index (χ3n) is 9.64. The number of nitrogens with two attached hydrogens (primary N) is 1. The number of ether oxygens (including phenoxy) is 2. The van der Waals surface area contributed by atoms with Crippen molar-refractivity contribution in [3.05, 3.63) is 72.9 Å². The van der Waals surface area contributed by atoms with Crippen LogP contribution in [0.15, 0.2) is 72.9 Å². The SMILES string of the molecule is CCCCC/C=C\C/C=C\CCCCCCCCCCCC(=O)OC[C@H](COP(=O)(O)OC[C@H](N)C(=O)O)OC(=O)CCC[C@H](O)/C=C/C=C\C/C=C\C=C\[C@H](O)CCCCC. The van der Waals surface area contributed by atoms with Crippen molar-refractivity contribution in [2.75, 3.05) is 19.8 Å². The Hall–Kier alpha value is -3.16. The zero-order valence-corrected chi connectivity index (χ0v) is 38.8. The number of aliphatic hydroxyl groups is 2. The minimum atomic E-state index is -4.79. The van der Waals surface area contributed by atoms with Crippen LogP contribution in [0.5, 0.6) is 0 Å². The number of hydrogen-bond acceptors (Lipinski definition) is 11. The van der Waals surface area contributed by atoms with Crippen LogP contribution >= 0.6 is 7.82 Å². The van der Waals surface area contributed by atoms with E-state index in [1.807, 2.05) is 24.3 Å². The first-order valence-electron chi connectivity index (χ1n) is 23.2. The summed E-state index contributed by atoms with van der Waals surface area (Å²) in [4.78, 5) is 46.1. The van der Waals surface area contributed by atoms with E-state index in [1.165, 1.54) is 51.4 Å². The van der Waals surface area contributed by atoms with Gasteiger partial charge in [-0.3, -0.25) is 23.4 Å². The van der Waals surface area contributed by atoms with Gasteiger partial charge in [-0.2, -0.15) is 0 Å². The van der Waals surface area contributed by atoms with Gasteiger partial charge in [-0.25, -0.2) is 4.57 Å². The number of aliphatic hydroxyl groups excluding tert-OH is 2. The van der Waals surface area contributed by atoms with Gasteiger partial charge in [0.1, 0.15) is 12.6 Å². The Labute approximate surface area is 373 Å². The Morgan fingerprint density at radius 1 is 0.581 bits per heavy atom. The summed E-state index contributed by atoms with van der Waals surface area (Å²) in [7, 11) is -4.79. The standard InChI is InChI=1S/C48H82NO12P/c1-3-5-7-8-9-10-11-12-13-14-15-16-17-18-19-20-24-27-31-37-46(52)58-39-44(40-59-62(56,57)60-41-45(49)48(54)55)61-47(53)38-32-36-43(51)35-30-26-23-21-22-25-29-34-42(50)33-28-6-4-2/h9-10,12-13,22-23,25-26,29-30,34-35,42-45,50-51H,3-8,11,14-21,24,27-28,31-33,36-41,49H2,1-2H3,(H,54,55)(H,56,57)/b10-9-,13-12-,25-22-,26-23-,34-29+,35-30+/t42-,43-,44-,45+/m1/s1. The molecule has 0 saturated heterocycles. The van der Waals surface area contributed by atoms with Crippen LogP contribution in [-0.4, -0.2) is 82.3 Å². The van der Waals surface area contributed by atoms with Gasteiger partial charge in [0, 0.05) is 12.8 Å². The van der Waals surface area contributed by atoms with Crippen molar-refractivity contribution < 1.29 is 57.7 Å². The van der Waals surface area contributed by atoms with Crippen molar-refractivity contribution in [1.82, 2.24) is 0 Å². The highest BCUT2D eigenvalue weighted by Crippen LogP contribution is 2.43. The maximum Gasteiger partial charge on any atom is 0.472 e. The summed E-state index contributed by atoms with van der Waals surface area (Å²) in [6, 6.07) is -1.56. The highest BCUT2D eigenvalue weighted by molar-refractivity contribution is 7.47. The molecular formula is C48H82NO12P. The normalized spacial score (nSPS) is 15.3. The summed E-state index contributed by atoms with van der Waals surface area (Å²) >= 11 is 0. The molecule has 6 N–H and O–H groups in total. The molecule has 5 atom stereocenters. The molecule has 0 spiro atoms. The molecule has 1 unspecified atom stereocenters. The Balaban J connectivity index is 4.55. The van der Waals surface area contributed by atoms with E-state index in [-0.39, 0.29) is 25.7 Å². The number of carbonyl (C=O) groups excluding carboxylic acids is 2. The van der Waals surface area contributed by atoms with Gasteiger partial charge >= 0.3 is 25.7 Å². The van der Waals surface area contributed by atoms with E-state index in [1.54, 1.807) is 24.3 Å². The molecule has 0 saturated carbocycles. The number of esters is 2. The van der Waals surface area contributed by atoms with Gasteiger partial charge in [-0.15, -0.1) is 0 Å². The fraction of sp³-hybridized carbons (Fsp3) is 0.688. The van der Waals surface area contributed by atoms with Gasteiger partial charge < -0.3 is 35.4 Å². The number of carboxylic acid groups (broad SMARTS) is 1. The molecule has 0 aromatic carbocycles. The number of aliphatic carboxylic acids is 1. The van der Waals surface area contributed by atoms with Gasteiger partial charge in [0.05, 0.1) is 25.4 Å². The topological polar surface area (TPSA) is 212 Å². The Kier molecular flexibility index (Phi) is 39.7. The molecule has 0 aromatic rings. The summed E-state index contributed by atoms with van der Waals surface area (Å²) < 4.78 is 32.6. The highest BCUT2D eigenvalue weighted by atomic mass is 31.2. The molecule has 0 aromatic heterocycles. The van der Waals surface area contributed by atoms with E-state index in [4.69, 9.17) is 24.8 Å². The fourth-order valence-electron chi connectivity index (χ4n) is 5.90. The van der Waals surface area contributed by atoms with E-state index < -0.39 is 69.9 Å². The molecule has 0 aliphatic heterocycles. The van der Waals surface area contributed by atoms with Crippen molar-refractivity contribution in [3.63, 3.8) is 0 Å². The zero-order valence-electron chi connectivity index (χ0n) is 37.9. The third-order valence-corrected chi connectivity index (χ3v) is 10.6. The zero-order chi connectivity index (χ0) is 45.9. The van der Waals surface area contributed by atoms with E-state index in [0.29, 0.717) is 12.8 Å². The molecule has 0 amide bonds. The summed E-state index contributed by atoms with van der Waals surface area (Å²) in [6.07, 6.45) is 43.2. The second kappa shape index (κ2) is 41.8. The number of rotatable bonds is 42. The lowest BCUT2D eigenvalue weighted by Crippen LogP contribution is -2.34. The van der Waals surface area contributed by atoms with Gasteiger partial charge in [0.15, 0.2) is 6.10 Å². The fourth-order valence-corrected chi connectivity index (χ4v) is 6.67. The molecule has 0 radical (unpaired) electrons. The Morgan fingerprint density at radius 3 is 1.65 bits per heavy atom. The van der Waals surface area contributed by atoms with Gasteiger partial charge in [-0.05, 0) is 64.2 Å². The maximum absolute atomic E-state index is 12.7. The van der Waals surface area contributed by atoms with E-state index in [9.17, 15) is 34.1 Å². The predicted octanol–water partition coefficient (Wildman–Crippen LogP) is 10.4. The summed E-state index contributed by atoms with van der Waals surface area (Å²) in [5, 5.41) is 29.1. The second-order valence-corrected chi connectivity index (χ2v) is 17.0. The van der Waals surface area contributed by atoms with Gasteiger partial charge in [0.2, 0.25) is 0 Å². The van der Waals surface area contributed by atoms with Crippen LogP contribution in [0.25, 0.3) is 0 Å². The third kappa shape index (κ3) is 40.9. The summed E-state index contributed by atoms with van der Waals surface area (Å²) in [5.74, 6) is -2.65. The first-order valence-corrected chi connectivity index (χ1v) is 24.7. The molecule has 0 aliphatic rings. The predicted molar refractivity (Wildman–Crippen MR) is 247 cm³/mol. The first kappa shape index (κ1) is 58.8. The molecule has 14 heteroatoms. The van der Waals surface area contributed by atoms with Gasteiger partial charge in [-0.1, -0.05) is 164 Å². The van der Waals surface area contributed by atoms with Crippen LogP contribution in [0.2, 0.25) is 0 Å². The van der Waals surface area contributed by atoms with E-state index >= 15 is 0 Å². The van der Waals surface area contributed by atoms with Crippen molar-refractivity contribution in [2.24, 2.45) is 5.73 Å². The number of carboxylic acids is 1. The van der Waals surface area contributed by atoms with E-state index in [0.717, 1.165) is 64.2 Å². The van der Waals surface area contributed by atoms with Crippen molar-refractivity contribution in [1.29, 1.82) is 0 Å². The van der Waals surface area contributed by atoms with Crippen LogP contribution in [-0.2, 0) is 37.5 Å². The first-order chi connectivity index (χ1) is 29.9. The molecule has 0 bridgehead atoms. The molecule has 13 nitrogen and oxygen atoms in total. The van der Waals surface area contributed by atoms with E-state index in [2.05, 4.69) is 42.7 Å². The Morgan fingerprint density at radius 2 is 1.06 bits per heavy atom. The molecule has 356 valence electrons. The largest absolute Gasteiger partial charge is 0.480 e. The molecule has 0 heterocycles. The van der Waals surface area contributed by atoms with Crippen LogP contribution in [0, 0.1) is 0 Å². The Bertz CT molecular complexity index is 1360. The summed E-state index contributed by atoms with van der Waals surface area (Å²) in [5.41, 5.74) is 5.32. The molecule has 0 fully saturated rings. The number of unbranched alkanes of at least 4 members (excludes halogenated alkanes) is 14. The molecular weight excluding hydrogens is 813 g/mol.